The summed E-state index contributed by atoms with van der Waals surface area (Å²) in [7, 11) is 0. The van der Waals surface area contributed by atoms with Crippen LogP contribution in [0.5, 0.6) is 0 Å². The number of rotatable bonds is 6. The number of carbonyl (C=O) groups is 2. The molecule has 1 atom stereocenters. The van der Waals surface area contributed by atoms with Crippen LogP contribution < -0.4 is 0 Å². The second-order valence-corrected chi connectivity index (χ2v) is 6.39. The van der Waals surface area contributed by atoms with E-state index >= 15 is 0 Å². The summed E-state index contributed by atoms with van der Waals surface area (Å²) in [5.74, 6) is -0.646. The molecule has 5 heteroatoms. The molecule has 0 bridgehead atoms. The maximum absolute atomic E-state index is 12.4. The van der Waals surface area contributed by atoms with Crippen LogP contribution in [0.2, 0.25) is 0 Å². The van der Waals surface area contributed by atoms with Crippen LogP contribution in [0.15, 0.2) is 0 Å². The van der Waals surface area contributed by atoms with Gasteiger partial charge in [0, 0.05) is 18.6 Å². The smallest absolute Gasteiger partial charge is 0.310 e. The molecule has 0 aliphatic carbocycles. The standard InChI is InChI=1S/C15H28N2O3/c1-6-15(14(19)20)7-8-16(10-15)9-13(18)17(11(2)3)12(4)5/h11-12H,6-10H2,1-5H3,(H,19,20). The van der Waals surface area contributed by atoms with E-state index < -0.39 is 11.4 Å². The molecule has 1 aliphatic heterocycles. The van der Waals surface area contributed by atoms with Crippen molar-refractivity contribution in [1.82, 2.24) is 9.80 Å². The summed E-state index contributed by atoms with van der Waals surface area (Å²) in [5, 5.41) is 9.38. The van der Waals surface area contributed by atoms with Gasteiger partial charge >= 0.3 is 5.97 Å². The Kier molecular flexibility index (Phi) is 5.57. The first kappa shape index (κ1) is 17.0. The number of carboxylic acid groups (broad SMARTS) is 1. The quantitative estimate of drug-likeness (QED) is 0.808. The Labute approximate surface area is 121 Å². The number of likely N-dealkylation sites (tertiary alicyclic amines) is 1. The average molecular weight is 284 g/mol. The van der Waals surface area contributed by atoms with Gasteiger partial charge < -0.3 is 10.0 Å². The van der Waals surface area contributed by atoms with E-state index in [2.05, 4.69) is 0 Å². The van der Waals surface area contributed by atoms with Crippen molar-refractivity contribution in [3.63, 3.8) is 0 Å². The summed E-state index contributed by atoms with van der Waals surface area (Å²) in [6.45, 7) is 11.4. The fourth-order valence-corrected chi connectivity index (χ4v) is 3.15. The Morgan fingerprint density at radius 1 is 1.25 bits per heavy atom. The number of amides is 1. The van der Waals surface area contributed by atoms with E-state index in [-0.39, 0.29) is 18.0 Å². The molecule has 1 aliphatic rings. The maximum atomic E-state index is 12.4. The van der Waals surface area contributed by atoms with Crippen molar-refractivity contribution < 1.29 is 14.7 Å². The van der Waals surface area contributed by atoms with Gasteiger partial charge in [-0.1, -0.05) is 6.92 Å². The minimum absolute atomic E-state index is 0.0901. The normalized spacial score (nSPS) is 23.6. The minimum atomic E-state index is -0.737. The zero-order valence-corrected chi connectivity index (χ0v) is 13.3. The highest BCUT2D eigenvalue weighted by molar-refractivity contribution is 5.79. The van der Waals surface area contributed by atoms with Gasteiger partial charge in [0.15, 0.2) is 0 Å². The molecular formula is C15H28N2O3. The Morgan fingerprint density at radius 3 is 2.15 bits per heavy atom. The first-order chi connectivity index (χ1) is 9.23. The fraction of sp³-hybridized carbons (Fsp3) is 0.867. The van der Waals surface area contributed by atoms with E-state index in [0.29, 0.717) is 32.5 Å². The van der Waals surface area contributed by atoms with E-state index in [1.807, 2.05) is 44.4 Å². The van der Waals surface area contributed by atoms with E-state index in [1.54, 1.807) is 0 Å². The van der Waals surface area contributed by atoms with Gasteiger partial charge in [-0.3, -0.25) is 14.5 Å². The summed E-state index contributed by atoms with van der Waals surface area (Å²) < 4.78 is 0. The molecule has 1 N–H and O–H groups in total. The molecule has 1 amide bonds. The van der Waals surface area contributed by atoms with Gasteiger partial charge in [-0.05, 0) is 47.1 Å². The number of hydrogen-bond donors (Lipinski definition) is 1. The van der Waals surface area contributed by atoms with Crippen molar-refractivity contribution in [2.75, 3.05) is 19.6 Å². The third-order valence-corrected chi connectivity index (χ3v) is 4.32. The number of hydrogen-bond acceptors (Lipinski definition) is 3. The summed E-state index contributed by atoms with van der Waals surface area (Å²) >= 11 is 0. The highest BCUT2D eigenvalue weighted by atomic mass is 16.4. The van der Waals surface area contributed by atoms with Crippen LogP contribution in [0.25, 0.3) is 0 Å². The second kappa shape index (κ2) is 6.57. The molecular weight excluding hydrogens is 256 g/mol. The van der Waals surface area contributed by atoms with Crippen LogP contribution in [0.3, 0.4) is 0 Å². The van der Waals surface area contributed by atoms with Gasteiger partial charge in [0.25, 0.3) is 0 Å². The van der Waals surface area contributed by atoms with Crippen molar-refractivity contribution in [3.8, 4) is 0 Å². The first-order valence-electron chi connectivity index (χ1n) is 7.50. The van der Waals surface area contributed by atoms with Crippen LogP contribution in [0.1, 0.15) is 47.5 Å². The maximum Gasteiger partial charge on any atom is 0.310 e. The monoisotopic (exact) mass is 284 g/mol. The molecule has 0 spiro atoms. The molecule has 1 unspecified atom stereocenters. The molecule has 0 aromatic heterocycles. The van der Waals surface area contributed by atoms with Crippen molar-refractivity contribution in [3.05, 3.63) is 0 Å². The van der Waals surface area contributed by atoms with Crippen LogP contribution >= 0.6 is 0 Å². The van der Waals surface area contributed by atoms with E-state index in [4.69, 9.17) is 0 Å². The number of nitrogens with zero attached hydrogens (tertiary/aromatic N) is 2. The second-order valence-electron chi connectivity index (χ2n) is 6.39. The first-order valence-corrected chi connectivity index (χ1v) is 7.50. The Balaban J connectivity index is 2.67. The molecule has 0 aromatic carbocycles. The van der Waals surface area contributed by atoms with Crippen LogP contribution in [0.4, 0.5) is 0 Å². The predicted octanol–water partition coefficient (Wildman–Crippen LogP) is 1.82. The highest BCUT2D eigenvalue weighted by Gasteiger charge is 2.43. The van der Waals surface area contributed by atoms with E-state index in [0.717, 1.165) is 0 Å². The molecule has 116 valence electrons. The molecule has 0 saturated carbocycles. The van der Waals surface area contributed by atoms with Gasteiger partial charge in [-0.25, -0.2) is 0 Å². The van der Waals surface area contributed by atoms with Gasteiger partial charge in [-0.15, -0.1) is 0 Å². The summed E-state index contributed by atoms with van der Waals surface area (Å²) in [6, 6.07) is 0.334. The summed E-state index contributed by atoms with van der Waals surface area (Å²) in [6.07, 6.45) is 1.25. The number of aliphatic carboxylic acids is 1. The Morgan fingerprint density at radius 2 is 1.80 bits per heavy atom. The Hall–Kier alpha value is -1.10. The summed E-state index contributed by atoms with van der Waals surface area (Å²) in [5.41, 5.74) is -0.666. The van der Waals surface area contributed by atoms with E-state index in [9.17, 15) is 14.7 Å². The van der Waals surface area contributed by atoms with Gasteiger partial charge in [0.05, 0.1) is 12.0 Å². The molecule has 0 radical (unpaired) electrons. The molecule has 5 nitrogen and oxygen atoms in total. The van der Waals surface area contributed by atoms with Crippen molar-refractivity contribution >= 4 is 11.9 Å². The van der Waals surface area contributed by atoms with Crippen molar-refractivity contribution in [2.24, 2.45) is 5.41 Å². The lowest BCUT2D eigenvalue weighted by molar-refractivity contribution is -0.149. The van der Waals surface area contributed by atoms with Crippen molar-refractivity contribution in [1.29, 1.82) is 0 Å². The fourth-order valence-electron chi connectivity index (χ4n) is 3.15. The Bertz CT molecular complexity index is 360. The van der Waals surface area contributed by atoms with Crippen molar-refractivity contribution in [2.45, 2.75) is 59.5 Å². The molecule has 20 heavy (non-hydrogen) atoms. The van der Waals surface area contributed by atoms with Crippen LogP contribution in [-0.4, -0.2) is 58.5 Å². The molecule has 1 rings (SSSR count). The SMILES string of the molecule is CCC1(C(=O)O)CCN(CC(=O)N(C(C)C)C(C)C)C1. The van der Waals surface area contributed by atoms with E-state index in [1.165, 1.54) is 0 Å². The number of carboxylic acids is 1. The third kappa shape index (κ3) is 3.51. The van der Waals surface area contributed by atoms with Crippen LogP contribution in [-0.2, 0) is 9.59 Å². The zero-order valence-electron chi connectivity index (χ0n) is 13.3. The minimum Gasteiger partial charge on any atom is -0.481 e. The van der Waals surface area contributed by atoms with Gasteiger partial charge in [0.1, 0.15) is 0 Å². The van der Waals surface area contributed by atoms with Crippen LogP contribution in [0, 0.1) is 5.41 Å². The molecule has 1 fully saturated rings. The molecule has 1 saturated heterocycles. The van der Waals surface area contributed by atoms with Gasteiger partial charge in [0.2, 0.25) is 5.91 Å². The largest absolute Gasteiger partial charge is 0.481 e. The third-order valence-electron chi connectivity index (χ3n) is 4.32. The molecule has 0 aromatic rings. The van der Waals surface area contributed by atoms with Gasteiger partial charge in [-0.2, -0.15) is 0 Å². The lowest BCUT2D eigenvalue weighted by Crippen LogP contribution is -2.47. The zero-order chi connectivity index (χ0) is 15.5. The molecule has 1 heterocycles. The predicted molar refractivity (Wildman–Crippen MR) is 78.5 cm³/mol. The lowest BCUT2D eigenvalue weighted by Gasteiger charge is -2.32. The average Bonchev–Trinajstić information content (AvgIpc) is 2.72. The lowest BCUT2D eigenvalue weighted by atomic mass is 9.84. The number of carbonyl (C=O) groups excluding carboxylic acids is 1. The topological polar surface area (TPSA) is 60.9 Å². The highest BCUT2D eigenvalue weighted by Crippen LogP contribution is 2.34. The summed E-state index contributed by atoms with van der Waals surface area (Å²) in [4.78, 5) is 27.7.